The van der Waals surface area contributed by atoms with Gasteiger partial charge in [0.05, 0.1) is 5.54 Å². The fraction of sp³-hybridized carbons (Fsp3) is 0.667. The highest BCUT2D eigenvalue weighted by Gasteiger charge is 2.45. The summed E-state index contributed by atoms with van der Waals surface area (Å²) in [6.07, 6.45) is 2.45. The van der Waals surface area contributed by atoms with Gasteiger partial charge in [0.2, 0.25) is 0 Å². The van der Waals surface area contributed by atoms with Crippen LogP contribution < -0.4 is 5.73 Å². The van der Waals surface area contributed by atoms with Crippen LogP contribution in [0.5, 0.6) is 0 Å². The van der Waals surface area contributed by atoms with E-state index >= 15 is 0 Å². The van der Waals surface area contributed by atoms with Gasteiger partial charge in [-0.15, -0.1) is 0 Å². The third-order valence-corrected chi connectivity index (χ3v) is 7.09. The molecule has 1 aliphatic heterocycles. The number of fused-ring (bicyclic) bond motifs is 1. The lowest BCUT2D eigenvalue weighted by molar-refractivity contribution is 0.0373. The molecule has 4 atom stereocenters. The number of rotatable bonds is 2. The average molecular weight is 305 g/mol. The zero-order chi connectivity index (χ0) is 15.0. The summed E-state index contributed by atoms with van der Waals surface area (Å²) in [5.74, 6) is 1.89. The molecule has 4 unspecified atom stereocenters. The van der Waals surface area contributed by atoms with Crippen molar-refractivity contribution in [2.75, 3.05) is 18.8 Å². The van der Waals surface area contributed by atoms with E-state index in [9.17, 15) is 0 Å². The van der Waals surface area contributed by atoms with E-state index in [-0.39, 0.29) is 5.54 Å². The minimum Gasteiger partial charge on any atom is -0.328 e. The Balaban J connectivity index is 2.06. The first-order chi connectivity index (χ1) is 10.1. The third kappa shape index (κ3) is 2.43. The Morgan fingerprint density at radius 3 is 2.81 bits per heavy atom. The van der Waals surface area contributed by atoms with E-state index in [1.54, 1.807) is 0 Å². The molecule has 1 aromatic carbocycles. The zero-order valence-corrected chi connectivity index (χ0v) is 14.3. The topological polar surface area (TPSA) is 29.3 Å². The van der Waals surface area contributed by atoms with Crippen molar-refractivity contribution in [2.24, 2.45) is 5.73 Å². The minimum atomic E-state index is 0.0533. The summed E-state index contributed by atoms with van der Waals surface area (Å²) in [6.45, 7) is 9.00. The molecule has 1 heterocycles. The molecular weight excluding hydrogens is 276 g/mol. The van der Waals surface area contributed by atoms with Crippen LogP contribution in [0.3, 0.4) is 0 Å². The number of nitrogens with two attached hydrogens (primary N) is 1. The molecule has 21 heavy (non-hydrogen) atoms. The minimum absolute atomic E-state index is 0.0533. The quantitative estimate of drug-likeness (QED) is 0.906. The Labute approximate surface area is 133 Å². The number of nitrogens with zero attached hydrogens (tertiary/aromatic N) is 1. The number of hydrogen-bond acceptors (Lipinski definition) is 3. The van der Waals surface area contributed by atoms with Gasteiger partial charge in [-0.1, -0.05) is 38.1 Å². The van der Waals surface area contributed by atoms with Gasteiger partial charge in [-0.2, -0.15) is 11.8 Å². The summed E-state index contributed by atoms with van der Waals surface area (Å²) in [5.41, 5.74) is 9.46. The van der Waals surface area contributed by atoms with E-state index in [1.807, 2.05) is 0 Å². The molecule has 1 fully saturated rings. The highest BCUT2D eigenvalue weighted by molar-refractivity contribution is 8.00. The van der Waals surface area contributed by atoms with Crippen molar-refractivity contribution in [2.45, 2.75) is 56.4 Å². The smallest absolute Gasteiger partial charge is 0.0589 e. The van der Waals surface area contributed by atoms with Gasteiger partial charge in [-0.05, 0) is 36.8 Å². The molecule has 0 saturated carbocycles. The van der Waals surface area contributed by atoms with Gasteiger partial charge >= 0.3 is 0 Å². The van der Waals surface area contributed by atoms with Crippen LogP contribution in [0.1, 0.15) is 50.7 Å². The predicted molar refractivity (Wildman–Crippen MR) is 92.9 cm³/mol. The van der Waals surface area contributed by atoms with Crippen molar-refractivity contribution in [3.63, 3.8) is 0 Å². The standard InChI is InChI=1S/C18H28N2S/c1-13-8-9-18(12-19,17-7-5-4-6-16(13)17)20-10-11-21-15(3)14(20)2/h4-7,13-15H,8-12,19H2,1-3H3. The van der Waals surface area contributed by atoms with Gasteiger partial charge < -0.3 is 5.73 Å². The van der Waals surface area contributed by atoms with Crippen molar-refractivity contribution >= 4 is 11.8 Å². The molecule has 0 bridgehead atoms. The van der Waals surface area contributed by atoms with E-state index in [0.29, 0.717) is 17.2 Å². The molecule has 0 spiro atoms. The SMILES string of the molecule is CC1CCC(CN)(N2CCSC(C)C2C)c2ccccc21. The fourth-order valence-corrected chi connectivity index (χ4v) is 5.36. The van der Waals surface area contributed by atoms with E-state index in [0.717, 1.165) is 13.1 Å². The third-order valence-electron chi connectivity index (χ3n) is 5.76. The second-order valence-corrected chi connectivity index (χ2v) is 8.26. The van der Waals surface area contributed by atoms with Crippen LogP contribution in [0.15, 0.2) is 24.3 Å². The number of benzene rings is 1. The summed E-state index contributed by atoms with van der Waals surface area (Å²) in [6, 6.07) is 9.61. The Morgan fingerprint density at radius 1 is 1.29 bits per heavy atom. The maximum Gasteiger partial charge on any atom is 0.0589 e. The van der Waals surface area contributed by atoms with Crippen molar-refractivity contribution in [3.05, 3.63) is 35.4 Å². The predicted octanol–water partition coefficient (Wildman–Crippen LogP) is 3.56. The lowest BCUT2D eigenvalue weighted by atomic mass is 9.71. The molecule has 2 aliphatic rings. The van der Waals surface area contributed by atoms with E-state index in [1.165, 1.54) is 29.7 Å². The molecule has 3 heteroatoms. The summed E-state index contributed by atoms with van der Waals surface area (Å²) in [5, 5.41) is 0.689. The molecule has 1 aliphatic carbocycles. The van der Waals surface area contributed by atoms with Crippen LogP contribution in [0.4, 0.5) is 0 Å². The lowest BCUT2D eigenvalue weighted by Crippen LogP contribution is -2.60. The first-order valence-electron chi connectivity index (χ1n) is 8.28. The average Bonchev–Trinajstić information content (AvgIpc) is 2.52. The Morgan fingerprint density at radius 2 is 2.05 bits per heavy atom. The first kappa shape index (κ1) is 15.4. The maximum atomic E-state index is 6.39. The van der Waals surface area contributed by atoms with Crippen molar-refractivity contribution in [1.29, 1.82) is 0 Å². The number of thioether (sulfide) groups is 1. The van der Waals surface area contributed by atoms with Crippen molar-refractivity contribution < 1.29 is 0 Å². The largest absolute Gasteiger partial charge is 0.328 e. The molecule has 2 nitrogen and oxygen atoms in total. The van der Waals surface area contributed by atoms with Gasteiger partial charge in [0.25, 0.3) is 0 Å². The van der Waals surface area contributed by atoms with Gasteiger partial charge in [0.15, 0.2) is 0 Å². The monoisotopic (exact) mass is 304 g/mol. The normalized spacial score (nSPS) is 37.2. The van der Waals surface area contributed by atoms with Crippen LogP contribution in [0.25, 0.3) is 0 Å². The van der Waals surface area contributed by atoms with Crippen LogP contribution in [0, 0.1) is 0 Å². The highest BCUT2D eigenvalue weighted by atomic mass is 32.2. The molecule has 116 valence electrons. The van der Waals surface area contributed by atoms with E-state index in [4.69, 9.17) is 5.73 Å². The second-order valence-electron chi connectivity index (χ2n) is 6.77. The fourth-order valence-electron chi connectivity index (χ4n) is 4.26. The van der Waals surface area contributed by atoms with Gasteiger partial charge in [0, 0.05) is 30.1 Å². The molecule has 0 amide bonds. The second kappa shape index (κ2) is 5.94. The molecular formula is C18H28N2S. The molecule has 0 aromatic heterocycles. The summed E-state index contributed by atoms with van der Waals surface area (Å²) >= 11 is 2.10. The lowest BCUT2D eigenvalue weighted by Gasteiger charge is -2.53. The van der Waals surface area contributed by atoms with E-state index in [2.05, 4.69) is 61.7 Å². The molecule has 0 radical (unpaired) electrons. The Bertz CT molecular complexity index is 504. The number of hydrogen-bond donors (Lipinski definition) is 1. The summed E-state index contributed by atoms with van der Waals surface area (Å²) in [7, 11) is 0. The van der Waals surface area contributed by atoms with Crippen LogP contribution in [0.2, 0.25) is 0 Å². The molecule has 1 saturated heterocycles. The van der Waals surface area contributed by atoms with Gasteiger partial charge in [-0.3, -0.25) is 4.90 Å². The van der Waals surface area contributed by atoms with Crippen molar-refractivity contribution in [1.82, 2.24) is 4.90 Å². The zero-order valence-electron chi connectivity index (χ0n) is 13.5. The Kier molecular flexibility index (Phi) is 4.35. The van der Waals surface area contributed by atoms with E-state index < -0.39 is 0 Å². The highest BCUT2D eigenvalue weighted by Crippen LogP contribution is 2.46. The summed E-state index contributed by atoms with van der Waals surface area (Å²) < 4.78 is 0. The van der Waals surface area contributed by atoms with Gasteiger partial charge in [-0.25, -0.2) is 0 Å². The molecule has 2 N–H and O–H groups in total. The molecule has 1 aromatic rings. The van der Waals surface area contributed by atoms with Crippen molar-refractivity contribution in [3.8, 4) is 0 Å². The van der Waals surface area contributed by atoms with Crippen LogP contribution >= 0.6 is 11.8 Å². The maximum absolute atomic E-state index is 6.39. The summed E-state index contributed by atoms with van der Waals surface area (Å²) in [4.78, 5) is 2.72. The van der Waals surface area contributed by atoms with Crippen LogP contribution in [-0.2, 0) is 5.54 Å². The van der Waals surface area contributed by atoms with Crippen LogP contribution in [-0.4, -0.2) is 35.0 Å². The Hall–Kier alpha value is -0.510. The molecule has 3 rings (SSSR count). The first-order valence-corrected chi connectivity index (χ1v) is 9.33. The van der Waals surface area contributed by atoms with Gasteiger partial charge in [0.1, 0.15) is 0 Å².